The minimum atomic E-state index is -0.145. The lowest BCUT2D eigenvalue weighted by atomic mass is 10.1. The molecular weight excluding hydrogens is 274 g/mol. The molecule has 2 atom stereocenters. The van der Waals surface area contributed by atoms with Gasteiger partial charge in [-0.15, -0.1) is 0 Å². The Morgan fingerprint density at radius 1 is 1.45 bits per heavy atom. The van der Waals surface area contributed by atoms with Crippen molar-refractivity contribution in [3.63, 3.8) is 0 Å². The number of rotatable bonds is 3. The quantitative estimate of drug-likeness (QED) is 0.837. The topological polar surface area (TPSA) is 81.0 Å². The highest BCUT2D eigenvalue weighted by atomic mass is 32.2. The lowest BCUT2D eigenvalue weighted by Crippen LogP contribution is -2.20. The predicted molar refractivity (Wildman–Crippen MR) is 78.1 cm³/mol. The summed E-state index contributed by atoms with van der Waals surface area (Å²) in [6.07, 6.45) is 2.38. The van der Waals surface area contributed by atoms with Crippen LogP contribution in [0.15, 0.2) is 40.4 Å². The van der Waals surface area contributed by atoms with Crippen LogP contribution in [-0.4, -0.2) is 22.3 Å². The zero-order valence-corrected chi connectivity index (χ0v) is 11.8. The van der Waals surface area contributed by atoms with E-state index in [1.807, 2.05) is 12.1 Å². The first-order valence-corrected chi connectivity index (χ1v) is 7.19. The zero-order valence-electron chi connectivity index (χ0n) is 11.0. The molecule has 5 nitrogen and oxygen atoms in total. The number of nitrogens with one attached hydrogen (secondary N) is 1. The minimum Gasteiger partial charge on any atom is -0.497 e. The monoisotopic (exact) mass is 289 g/mol. The van der Waals surface area contributed by atoms with E-state index in [-0.39, 0.29) is 16.9 Å². The highest BCUT2D eigenvalue weighted by Gasteiger charge is 2.31. The number of ether oxygens (including phenoxy) is 1. The fourth-order valence-electron chi connectivity index (χ4n) is 2.41. The van der Waals surface area contributed by atoms with Crippen molar-refractivity contribution < 1.29 is 4.74 Å². The second kappa shape index (κ2) is 5.30. The number of H-pyrrole nitrogens is 1. The van der Waals surface area contributed by atoms with E-state index < -0.39 is 0 Å². The van der Waals surface area contributed by atoms with Crippen molar-refractivity contribution in [2.75, 3.05) is 7.11 Å². The van der Waals surface area contributed by atoms with Crippen LogP contribution in [0.4, 0.5) is 0 Å². The predicted octanol–water partition coefficient (Wildman–Crippen LogP) is 1.50. The highest BCUT2D eigenvalue weighted by Crippen LogP contribution is 2.40. The van der Waals surface area contributed by atoms with Crippen LogP contribution in [0.2, 0.25) is 0 Å². The van der Waals surface area contributed by atoms with Crippen LogP contribution in [0.5, 0.6) is 5.75 Å². The summed E-state index contributed by atoms with van der Waals surface area (Å²) in [5, 5.41) is 0.778. The molecule has 3 rings (SSSR count). The van der Waals surface area contributed by atoms with Crippen LogP contribution in [0.25, 0.3) is 0 Å². The van der Waals surface area contributed by atoms with Crippen LogP contribution >= 0.6 is 11.8 Å². The van der Waals surface area contributed by atoms with E-state index in [0.717, 1.165) is 17.7 Å². The van der Waals surface area contributed by atoms with Crippen molar-refractivity contribution >= 4 is 11.8 Å². The first-order valence-electron chi connectivity index (χ1n) is 6.32. The zero-order chi connectivity index (χ0) is 14.1. The number of fused-ring (bicyclic) bond motifs is 1. The van der Waals surface area contributed by atoms with Gasteiger partial charge in [0.05, 0.1) is 7.11 Å². The number of hydrogen-bond acceptors (Lipinski definition) is 5. The number of benzene rings is 1. The minimum absolute atomic E-state index is 0.0874. The van der Waals surface area contributed by atoms with Crippen molar-refractivity contribution in [3.05, 3.63) is 51.9 Å². The third-order valence-electron chi connectivity index (χ3n) is 3.44. The Balaban J connectivity index is 1.83. The standard InChI is InChI=1S/C14H15N3O2S/c1-19-9-3-2-8-6-11(13(15)10(8)7-9)20-14-16-5-4-12(18)17-14/h2-5,7,11,13H,6,15H2,1H3,(H,16,17,18). The van der Waals surface area contributed by atoms with E-state index in [9.17, 15) is 4.79 Å². The van der Waals surface area contributed by atoms with Gasteiger partial charge in [-0.25, -0.2) is 4.98 Å². The molecule has 0 spiro atoms. The van der Waals surface area contributed by atoms with Crippen LogP contribution in [0, 0.1) is 0 Å². The van der Waals surface area contributed by atoms with Crippen LogP contribution < -0.4 is 16.0 Å². The summed E-state index contributed by atoms with van der Waals surface area (Å²) in [4.78, 5) is 18.2. The van der Waals surface area contributed by atoms with Crippen molar-refractivity contribution in [1.29, 1.82) is 0 Å². The molecule has 0 saturated heterocycles. The summed E-state index contributed by atoms with van der Waals surface area (Å²) in [7, 11) is 1.65. The molecule has 1 heterocycles. The maximum atomic E-state index is 11.3. The van der Waals surface area contributed by atoms with E-state index in [0.29, 0.717) is 5.16 Å². The lowest BCUT2D eigenvalue weighted by molar-refractivity contribution is 0.414. The van der Waals surface area contributed by atoms with E-state index in [1.54, 1.807) is 7.11 Å². The van der Waals surface area contributed by atoms with Crippen molar-refractivity contribution in [2.45, 2.75) is 22.9 Å². The molecule has 1 aromatic carbocycles. The molecule has 0 bridgehead atoms. The Morgan fingerprint density at radius 3 is 3.05 bits per heavy atom. The Bertz CT molecular complexity index is 686. The van der Waals surface area contributed by atoms with Gasteiger partial charge in [0, 0.05) is 23.6 Å². The largest absolute Gasteiger partial charge is 0.497 e. The Morgan fingerprint density at radius 2 is 2.30 bits per heavy atom. The van der Waals surface area contributed by atoms with Gasteiger partial charge in [0.25, 0.3) is 5.56 Å². The number of methoxy groups -OCH3 is 1. The van der Waals surface area contributed by atoms with Gasteiger partial charge in [0.1, 0.15) is 5.75 Å². The average Bonchev–Trinajstić information content (AvgIpc) is 2.75. The summed E-state index contributed by atoms with van der Waals surface area (Å²) in [6, 6.07) is 7.30. The summed E-state index contributed by atoms with van der Waals surface area (Å²) in [6.45, 7) is 0. The van der Waals surface area contributed by atoms with Crippen LogP contribution in [-0.2, 0) is 6.42 Å². The molecule has 0 saturated carbocycles. The van der Waals surface area contributed by atoms with Crippen molar-refractivity contribution in [2.24, 2.45) is 5.73 Å². The van der Waals surface area contributed by atoms with Gasteiger partial charge in [0.2, 0.25) is 0 Å². The van der Waals surface area contributed by atoms with Crippen LogP contribution in [0.3, 0.4) is 0 Å². The van der Waals surface area contributed by atoms with E-state index in [4.69, 9.17) is 10.5 Å². The van der Waals surface area contributed by atoms with Gasteiger partial charge >= 0.3 is 0 Å². The number of thioether (sulfide) groups is 1. The molecule has 0 amide bonds. The maximum absolute atomic E-state index is 11.3. The Kier molecular flexibility index (Phi) is 3.50. The first kappa shape index (κ1) is 13.2. The van der Waals surface area contributed by atoms with Gasteiger partial charge in [0.15, 0.2) is 5.16 Å². The van der Waals surface area contributed by atoms with Crippen molar-refractivity contribution in [1.82, 2.24) is 9.97 Å². The third-order valence-corrected chi connectivity index (χ3v) is 4.64. The molecule has 3 N–H and O–H groups in total. The lowest BCUT2D eigenvalue weighted by Gasteiger charge is -2.14. The van der Waals surface area contributed by atoms with E-state index in [2.05, 4.69) is 16.0 Å². The summed E-state index contributed by atoms with van der Waals surface area (Å²) >= 11 is 1.51. The second-order valence-electron chi connectivity index (χ2n) is 4.69. The molecule has 0 fully saturated rings. The number of nitrogens with zero attached hydrogens (tertiary/aromatic N) is 1. The second-order valence-corrected chi connectivity index (χ2v) is 5.92. The molecular formula is C14H15N3O2S. The highest BCUT2D eigenvalue weighted by molar-refractivity contribution is 7.99. The molecule has 6 heteroatoms. The molecule has 1 aromatic heterocycles. The summed E-state index contributed by atoms with van der Waals surface area (Å²) in [5.41, 5.74) is 8.50. The molecule has 0 radical (unpaired) electrons. The summed E-state index contributed by atoms with van der Waals surface area (Å²) in [5.74, 6) is 0.816. The number of nitrogens with two attached hydrogens (primary N) is 1. The van der Waals surface area contributed by atoms with E-state index >= 15 is 0 Å². The number of aromatic amines is 1. The normalized spacial score (nSPS) is 20.7. The fraction of sp³-hybridized carbons (Fsp3) is 0.286. The average molecular weight is 289 g/mol. The molecule has 0 aliphatic heterocycles. The Labute approximate surface area is 120 Å². The molecule has 2 unspecified atom stereocenters. The number of hydrogen-bond donors (Lipinski definition) is 2. The van der Waals surface area contributed by atoms with Gasteiger partial charge < -0.3 is 15.5 Å². The van der Waals surface area contributed by atoms with Gasteiger partial charge in [-0.2, -0.15) is 0 Å². The first-order chi connectivity index (χ1) is 9.67. The van der Waals surface area contributed by atoms with E-state index in [1.165, 1.54) is 29.6 Å². The van der Waals surface area contributed by atoms with Gasteiger partial charge in [-0.1, -0.05) is 17.8 Å². The van der Waals surface area contributed by atoms with Gasteiger partial charge in [-0.05, 0) is 29.7 Å². The fourth-order valence-corrected chi connectivity index (χ4v) is 3.53. The molecule has 1 aliphatic carbocycles. The number of aromatic nitrogens is 2. The third kappa shape index (κ3) is 2.44. The summed E-state index contributed by atoms with van der Waals surface area (Å²) < 4.78 is 5.23. The van der Waals surface area contributed by atoms with Crippen LogP contribution in [0.1, 0.15) is 17.2 Å². The molecule has 1 aliphatic rings. The Hall–Kier alpha value is -1.79. The van der Waals surface area contributed by atoms with Gasteiger partial charge in [-0.3, -0.25) is 4.79 Å². The molecule has 104 valence electrons. The maximum Gasteiger partial charge on any atom is 0.251 e. The smallest absolute Gasteiger partial charge is 0.251 e. The SMILES string of the molecule is COc1ccc2c(c1)C(N)C(Sc1nccc(=O)[nH]1)C2. The molecule has 2 aromatic rings. The van der Waals surface area contributed by atoms with Crippen molar-refractivity contribution in [3.8, 4) is 5.75 Å². The molecule has 20 heavy (non-hydrogen) atoms.